The smallest absolute Gasteiger partial charge is 0.307 e. The molecule has 2 aromatic rings. The Hall–Kier alpha value is -2.61. The topological polar surface area (TPSA) is 93.9 Å². The highest BCUT2D eigenvalue weighted by Gasteiger charge is 2.18. The van der Waals surface area contributed by atoms with Gasteiger partial charge in [-0.2, -0.15) is 0 Å². The standard InChI is InChI=1S/C18H21NO6S/c1-14-5-7-16(8-6-14)26(22,23)11-9-18(21)25-13-17(20)19(2)12-15-4-3-10-24-15/h3-8,10H,9,11-13H2,1-2H3. The van der Waals surface area contributed by atoms with Crippen LogP contribution in [0, 0.1) is 6.92 Å². The Morgan fingerprint density at radius 2 is 1.85 bits per heavy atom. The molecule has 0 bridgehead atoms. The molecule has 2 rings (SSSR count). The van der Waals surface area contributed by atoms with Gasteiger partial charge in [-0.1, -0.05) is 17.7 Å². The first-order valence-corrected chi connectivity index (χ1v) is 9.64. The highest BCUT2D eigenvalue weighted by Crippen LogP contribution is 2.13. The minimum Gasteiger partial charge on any atom is -0.467 e. The molecule has 1 aromatic carbocycles. The summed E-state index contributed by atoms with van der Waals surface area (Å²) < 4.78 is 34.4. The van der Waals surface area contributed by atoms with E-state index in [4.69, 9.17) is 9.15 Å². The van der Waals surface area contributed by atoms with E-state index in [1.165, 1.54) is 23.3 Å². The number of rotatable bonds is 8. The third-order valence-electron chi connectivity index (χ3n) is 3.71. The largest absolute Gasteiger partial charge is 0.467 e. The Kier molecular flexibility index (Phi) is 6.57. The third kappa shape index (κ3) is 5.73. The van der Waals surface area contributed by atoms with Crippen LogP contribution >= 0.6 is 0 Å². The number of hydrogen-bond acceptors (Lipinski definition) is 6. The first kappa shape index (κ1) is 19.7. The first-order valence-electron chi connectivity index (χ1n) is 7.99. The van der Waals surface area contributed by atoms with Crippen molar-refractivity contribution in [2.45, 2.75) is 24.8 Å². The second kappa shape index (κ2) is 8.66. The molecule has 1 amide bonds. The van der Waals surface area contributed by atoms with Crippen molar-refractivity contribution >= 4 is 21.7 Å². The van der Waals surface area contributed by atoms with E-state index in [9.17, 15) is 18.0 Å². The van der Waals surface area contributed by atoms with Gasteiger partial charge in [-0.05, 0) is 31.2 Å². The summed E-state index contributed by atoms with van der Waals surface area (Å²) in [5, 5.41) is 0. The highest BCUT2D eigenvalue weighted by molar-refractivity contribution is 7.91. The van der Waals surface area contributed by atoms with Crippen LogP contribution < -0.4 is 0 Å². The average Bonchev–Trinajstić information content (AvgIpc) is 3.11. The number of esters is 1. The molecule has 0 N–H and O–H groups in total. The van der Waals surface area contributed by atoms with E-state index in [0.29, 0.717) is 5.76 Å². The number of carbonyl (C=O) groups is 2. The zero-order valence-corrected chi connectivity index (χ0v) is 15.5. The number of nitrogens with zero attached hydrogens (tertiary/aromatic N) is 1. The van der Waals surface area contributed by atoms with Gasteiger partial charge in [0, 0.05) is 7.05 Å². The summed E-state index contributed by atoms with van der Waals surface area (Å²) in [7, 11) is -2.01. The number of aryl methyl sites for hydroxylation is 1. The van der Waals surface area contributed by atoms with Crippen LogP contribution in [0.2, 0.25) is 0 Å². The SMILES string of the molecule is Cc1ccc(S(=O)(=O)CCC(=O)OCC(=O)N(C)Cc2ccco2)cc1. The van der Waals surface area contributed by atoms with Gasteiger partial charge in [0.1, 0.15) is 5.76 Å². The quantitative estimate of drug-likeness (QED) is 0.651. The summed E-state index contributed by atoms with van der Waals surface area (Å²) in [6, 6.07) is 9.83. The Balaban J connectivity index is 1.77. The van der Waals surface area contributed by atoms with E-state index >= 15 is 0 Å². The summed E-state index contributed by atoms with van der Waals surface area (Å²) >= 11 is 0. The number of sulfone groups is 1. The summed E-state index contributed by atoms with van der Waals surface area (Å²) in [4.78, 5) is 25.2. The van der Waals surface area contributed by atoms with Crippen LogP contribution in [0.4, 0.5) is 0 Å². The van der Waals surface area contributed by atoms with E-state index in [2.05, 4.69) is 0 Å². The molecule has 1 heterocycles. The van der Waals surface area contributed by atoms with E-state index in [1.54, 1.807) is 31.3 Å². The molecule has 0 aliphatic carbocycles. The van der Waals surface area contributed by atoms with E-state index < -0.39 is 28.3 Å². The molecule has 0 aliphatic heterocycles. The van der Waals surface area contributed by atoms with Crippen LogP contribution in [0.1, 0.15) is 17.7 Å². The number of carbonyl (C=O) groups excluding carboxylic acids is 2. The minimum absolute atomic E-state index is 0.158. The zero-order chi connectivity index (χ0) is 19.2. The van der Waals surface area contributed by atoms with Gasteiger partial charge in [0.15, 0.2) is 16.4 Å². The lowest BCUT2D eigenvalue weighted by molar-refractivity contribution is -0.151. The van der Waals surface area contributed by atoms with Crippen LogP contribution in [-0.4, -0.2) is 44.6 Å². The molecule has 140 valence electrons. The fraction of sp³-hybridized carbons (Fsp3) is 0.333. The molecule has 0 spiro atoms. The maximum atomic E-state index is 12.2. The van der Waals surface area contributed by atoms with Crippen molar-refractivity contribution < 1.29 is 27.2 Å². The number of ether oxygens (including phenoxy) is 1. The second-order valence-corrected chi connectivity index (χ2v) is 7.98. The molecule has 7 nitrogen and oxygen atoms in total. The Morgan fingerprint density at radius 1 is 1.15 bits per heavy atom. The first-order chi connectivity index (χ1) is 12.3. The number of amides is 1. The number of furan rings is 1. The van der Waals surface area contributed by atoms with E-state index in [1.807, 2.05) is 6.92 Å². The van der Waals surface area contributed by atoms with Gasteiger partial charge in [0.2, 0.25) is 0 Å². The molecule has 26 heavy (non-hydrogen) atoms. The van der Waals surface area contributed by atoms with Crippen LogP contribution in [-0.2, 0) is 30.7 Å². The minimum atomic E-state index is -3.57. The molecule has 1 aromatic heterocycles. The van der Waals surface area contributed by atoms with Gasteiger partial charge in [0.05, 0.1) is 29.9 Å². The monoisotopic (exact) mass is 379 g/mol. The molecule has 0 unspecified atom stereocenters. The normalized spacial score (nSPS) is 11.2. The third-order valence-corrected chi connectivity index (χ3v) is 5.44. The molecule has 0 aliphatic rings. The fourth-order valence-corrected chi connectivity index (χ4v) is 3.35. The van der Waals surface area contributed by atoms with Gasteiger partial charge in [-0.3, -0.25) is 9.59 Å². The molecule has 0 fully saturated rings. The molecule has 8 heteroatoms. The van der Waals surface area contributed by atoms with Gasteiger partial charge in [0.25, 0.3) is 5.91 Å². The molecule has 0 radical (unpaired) electrons. The molecule has 0 saturated heterocycles. The van der Waals surface area contributed by atoms with Crippen molar-refractivity contribution in [3.63, 3.8) is 0 Å². The predicted octanol–water partition coefficient (Wildman–Crippen LogP) is 1.95. The van der Waals surface area contributed by atoms with Crippen molar-refractivity contribution in [1.29, 1.82) is 0 Å². The summed E-state index contributed by atoms with van der Waals surface area (Å²) in [5.41, 5.74) is 0.945. The van der Waals surface area contributed by atoms with Gasteiger partial charge < -0.3 is 14.1 Å². The van der Waals surface area contributed by atoms with Crippen LogP contribution in [0.3, 0.4) is 0 Å². The van der Waals surface area contributed by atoms with Gasteiger partial charge in [-0.25, -0.2) is 8.42 Å². The molecule has 0 atom stereocenters. The highest BCUT2D eigenvalue weighted by atomic mass is 32.2. The van der Waals surface area contributed by atoms with E-state index in [-0.39, 0.29) is 23.6 Å². The predicted molar refractivity (Wildman–Crippen MR) is 94.0 cm³/mol. The molecule has 0 saturated carbocycles. The number of likely N-dealkylation sites (N-methyl/N-ethyl adjacent to an activating group) is 1. The number of benzene rings is 1. The van der Waals surface area contributed by atoms with E-state index in [0.717, 1.165) is 5.56 Å². The van der Waals surface area contributed by atoms with Crippen molar-refractivity contribution in [1.82, 2.24) is 4.90 Å². The summed E-state index contributed by atoms with van der Waals surface area (Å²) in [6.07, 6.45) is 1.19. The maximum absolute atomic E-state index is 12.2. The van der Waals surface area contributed by atoms with Gasteiger partial charge >= 0.3 is 5.97 Å². The van der Waals surface area contributed by atoms with Crippen molar-refractivity contribution in [2.75, 3.05) is 19.4 Å². The lowest BCUT2D eigenvalue weighted by Gasteiger charge is -2.15. The molecular formula is C18H21NO6S. The van der Waals surface area contributed by atoms with Gasteiger partial charge in [-0.15, -0.1) is 0 Å². The Labute approximate surface area is 152 Å². The van der Waals surface area contributed by atoms with Crippen molar-refractivity contribution in [3.05, 3.63) is 54.0 Å². The summed E-state index contributed by atoms with van der Waals surface area (Å²) in [6.45, 7) is 1.67. The molecular weight excluding hydrogens is 358 g/mol. The fourth-order valence-electron chi connectivity index (χ4n) is 2.13. The lowest BCUT2D eigenvalue weighted by Crippen LogP contribution is -2.30. The zero-order valence-electron chi connectivity index (χ0n) is 14.7. The van der Waals surface area contributed by atoms with Crippen LogP contribution in [0.25, 0.3) is 0 Å². The summed E-state index contributed by atoms with van der Waals surface area (Å²) in [5.74, 6) is -0.904. The second-order valence-electron chi connectivity index (χ2n) is 5.87. The lowest BCUT2D eigenvalue weighted by atomic mass is 10.2. The average molecular weight is 379 g/mol. The van der Waals surface area contributed by atoms with Crippen LogP contribution in [0.5, 0.6) is 0 Å². The number of hydrogen-bond donors (Lipinski definition) is 0. The maximum Gasteiger partial charge on any atom is 0.307 e. The van der Waals surface area contributed by atoms with Crippen LogP contribution in [0.15, 0.2) is 52.0 Å². The Morgan fingerprint density at radius 3 is 2.46 bits per heavy atom. The Bertz CT molecular complexity index is 840. The van der Waals surface area contributed by atoms with Crippen molar-refractivity contribution in [3.8, 4) is 0 Å². The van der Waals surface area contributed by atoms with Crippen molar-refractivity contribution in [2.24, 2.45) is 0 Å².